The Morgan fingerprint density at radius 2 is 2.00 bits per heavy atom. The summed E-state index contributed by atoms with van der Waals surface area (Å²) in [5.41, 5.74) is 0. The Labute approximate surface area is 83.7 Å². The predicted molar refractivity (Wildman–Crippen MR) is 55.9 cm³/mol. The van der Waals surface area contributed by atoms with E-state index in [1.54, 1.807) is 11.8 Å². The molecule has 0 bridgehead atoms. The standard InChI is InChI=1S/C9H17NO2S/c1-7(2)8(11)6-10-9(12)4-5-13-3/h7H,4-6H2,1-3H3,(H,10,12). The number of amides is 1. The van der Waals surface area contributed by atoms with Crippen LogP contribution in [0.1, 0.15) is 20.3 Å². The lowest BCUT2D eigenvalue weighted by molar-refractivity contribution is -0.126. The Morgan fingerprint density at radius 3 is 2.46 bits per heavy atom. The van der Waals surface area contributed by atoms with Crippen LogP contribution >= 0.6 is 11.8 Å². The van der Waals surface area contributed by atoms with Crippen molar-refractivity contribution in [2.24, 2.45) is 5.92 Å². The van der Waals surface area contributed by atoms with Crippen LogP contribution in [0.3, 0.4) is 0 Å². The van der Waals surface area contributed by atoms with Crippen molar-refractivity contribution in [2.75, 3.05) is 18.6 Å². The van der Waals surface area contributed by atoms with Crippen LogP contribution in [0.25, 0.3) is 0 Å². The van der Waals surface area contributed by atoms with Crippen LogP contribution in [0.2, 0.25) is 0 Å². The smallest absolute Gasteiger partial charge is 0.221 e. The highest BCUT2D eigenvalue weighted by atomic mass is 32.2. The fourth-order valence-corrected chi connectivity index (χ4v) is 1.06. The number of rotatable bonds is 6. The van der Waals surface area contributed by atoms with Gasteiger partial charge in [0.15, 0.2) is 5.78 Å². The van der Waals surface area contributed by atoms with Gasteiger partial charge in [-0.05, 0) is 6.26 Å². The SMILES string of the molecule is CSCCC(=O)NCC(=O)C(C)C. The van der Waals surface area contributed by atoms with Crippen molar-refractivity contribution in [1.82, 2.24) is 5.32 Å². The van der Waals surface area contributed by atoms with Crippen LogP contribution in [-0.2, 0) is 9.59 Å². The van der Waals surface area contributed by atoms with Crippen molar-refractivity contribution in [1.29, 1.82) is 0 Å². The van der Waals surface area contributed by atoms with Crippen molar-refractivity contribution in [3.8, 4) is 0 Å². The number of hydrogen-bond donors (Lipinski definition) is 1. The second kappa shape index (κ2) is 6.95. The summed E-state index contributed by atoms with van der Waals surface area (Å²) < 4.78 is 0. The van der Waals surface area contributed by atoms with Gasteiger partial charge in [0.25, 0.3) is 0 Å². The molecule has 0 aliphatic heterocycles. The van der Waals surface area contributed by atoms with E-state index in [2.05, 4.69) is 5.32 Å². The number of nitrogens with one attached hydrogen (secondary N) is 1. The zero-order chi connectivity index (χ0) is 10.3. The molecule has 0 aromatic heterocycles. The molecule has 0 aliphatic rings. The average Bonchev–Trinajstić information content (AvgIpc) is 2.10. The zero-order valence-corrected chi connectivity index (χ0v) is 9.24. The lowest BCUT2D eigenvalue weighted by Gasteiger charge is -2.05. The van der Waals surface area contributed by atoms with Gasteiger partial charge in [0.1, 0.15) is 0 Å². The molecule has 0 rings (SSSR count). The highest BCUT2D eigenvalue weighted by Gasteiger charge is 2.08. The number of ketones is 1. The van der Waals surface area contributed by atoms with E-state index in [4.69, 9.17) is 0 Å². The summed E-state index contributed by atoms with van der Waals surface area (Å²) in [4.78, 5) is 22.2. The van der Waals surface area contributed by atoms with E-state index in [-0.39, 0.29) is 24.2 Å². The van der Waals surface area contributed by atoms with Gasteiger partial charge in [-0.15, -0.1) is 0 Å². The Balaban J connectivity index is 3.52. The van der Waals surface area contributed by atoms with Gasteiger partial charge in [0, 0.05) is 18.1 Å². The Kier molecular flexibility index (Phi) is 6.68. The van der Waals surface area contributed by atoms with Gasteiger partial charge in [0.05, 0.1) is 6.54 Å². The van der Waals surface area contributed by atoms with Crippen LogP contribution in [0.15, 0.2) is 0 Å². The number of thioether (sulfide) groups is 1. The van der Waals surface area contributed by atoms with E-state index in [1.807, 2.05) is 20.1 Å². The average molecular weight is 203 g/mol. The van der Waals surface area contributed by atoms with Crippen molar-refractivity contribution in [3.05, 3.63) is 0 Å². The lowest BCUT2D eigenvalue weighted by atomic mass is 10.1. The third-order valence-electron chi connectivity index (χ3n) is 1.64. The molecular weight excluding hydrogens is 186 g/mol. The molecule has 76 valence electrons. The molecule has 1 N–H and O–H groups in total. The van der Waals surface area contributed by atoms with Crippen LogP contribution < -0.4 is 5.32 Å². The normalized spacial score (nSPS) is 10.2. The molecule has 4 heteroatoms. The van der Waals surface area contributed by atoms with Crippen LogP contribution in [0.4, 0.5) is 0 Å². The molecule has 1 amide bonds. The lowest BCUT2D eigenvalue weighted by Crippen LogP contribution is -2.31. The predicted octanol–water partition coefficient (Wildman–Crippen LogP) is 1.08. The Hall–Kier alpha value is -0.510. The summed E-state index contributed by atoms with van der Waals surface area (Å²) in [5, 5.41) is 2.60. The molecule has 0 fully saturated rings. The molecular formula is C9H17NO2S. The van der Waals surface area contributed by atoms with Gasteiger partial charge in [0.2, 0.25) is 5.91 Å². The molecule has 0 aliphatic carbocycles. The number of carbonyl (C=O) groups is 2. The number of Topliss-reactive ketones (excluding diaryl/α,β-unsaturated/α-hetero) is 1. The van der Waals surface area contributed by atoms with E-state index in [0.717, 1.165) is 5.75 Å². The van der Waals surface area contributed by atoms with Crippen molar-refractivity contribution in [3.63, 3.8) is 0 Å². The molecule has 0 aromatic carbocycles. The molecule has 0 atom stereocenters. The fourth-order valence-electron chi connectivity index (χ4n) is 0.673. The Morgan fingerprint density at radius 1 is 1.38 bits per heavy atom. The maximum atomic E-state index is 11.1. The highest BCUT2D eigenvalue weighted by Crippen LogP contribution is 1.95. The van der Waals surface area contributed by atoms with E-state index < -0.39 is 0 Å². The van der Waals surface area contributed by atoms with Crippen molar-refractivity contribution >= 4 is 23.5 Å². The second-order valence-corrected chi connectivity index (χ2v) is 4.13. The zero-order valence-electron chi connectivity index (χ0n) is 8.42. The summed E-state index contributed by atoms with van der Waals surface area (Å²) in [7, 11) is 0. The first-order chi connectivity index (χ1) is 6.07. The molecule has 0 spiro atoms. The molecule has 3 nitrogen and oxygen atoms in total. The summed E-state index contributed by atoms with van der Waals surface area (Å²) in [6.45, 7) is 3.83. The fraction of sp³-hybridized carbons (Fsp3) is 0.778. The maximum Gasteiger partial charge on any atom is 0.221 e. The summed E-state index contributed by atoms with van der Waals surface area (Å²) >= 11 is 1.62. The molecule has 0 unspecified atom stereocenters. The van der Waals surface area contributed by atoms with Gasteiger partial charge in [-0.3, -0.25) is 9.59 Å². The molecule has 13 heavy (non-hydrogen) atoms. The third kappa shape index (κ3) is 6.63. The van der Waals surface area contributed by atoms with Crippen LogP contribution in [0, 0.1) is 5.92 Å². The first-order valence-electron chi connectivity index (χ1n) is 4.36. The van der Waals surface area contributed by atoms with Gasteiger partial charge in [-0.1, -0.05) is 13.8 Å². The van der Waals surface area contributed by atoms with Crippen molar-refractivity contribution in [2.45, 2.75) is 20.3 Å². The first kappa shape index (κ1) is 12.5. The summed E-state index contributed by atoms with van der Waals surface area (Å²) in [5.74, 6) is 0.850. The largest absolute Gasteiger partial charge is 0.349 e. The van der Waals surface area contributed by atoms with E-state index in [9.17, 15) is 9.59 Å². The summed E-state index contributed by atoms with van der Waals surface area (Å²) in [6.07, 6.45) is 2.44. The second-order valence-electron chi connectivity index (χ2n) is 3.14. The van der Waals surface area contributed by atoms with Gasteiger partial charge in [-0.25, -0.2) is 0 Å². The molecule has 0 saturated heterocycles. The minimum atomic E-state index is -0.0386. The maximum absolute atomic E-state index is 11.1. The van der Waals surface area contributed by atoms with Crippen LogP contribution in [-0.4, -0.2) is 30.2 Å². The first-order valence-corrected chi connectivity index (χ1v) is 5.75. The van der Waals surface area contributed by atoms with Crippen molar-refractivity contribution < 1.29 is 9.59 Å². The van der Waals surface area contributed by atoms with Gasteiger partial charge >= 0.3 is 0 Å². The molecule has 0 heterocycles. The number of hydrogen-bond acceptors (Lipinski definition) is 3. The molecule has 0 saturated carbocycles. The van der Waals surface area contributed by atoms with E-state index in [1.165, 1.54) is 0 Å². The van der Waals surface area contributed by atoms with Gasteiger partial charge in [-0.2, -0.15) is 11.8 Å². The topological polar surface area (TPSA) is 46.2 Å². The molecule has 0 aromatic rings. The van der Waals surface area contributed by atoms with Gasteiger partial charge < -0.3 is 5.32 Å². The summed E-state index contributed by atoms with van der Waals surface area (Å²) in [6, 6.07) is 0. The quantitative estimate of drug-likeness (QED) is 0.702. The van der Waals surface area contributed by atoms with E-state index >= 15 is 0 Å². The number of carbonyl (C=O) groups excluding carboxylic acids is 2. The Bertz CT molecular complexity index is 180. The monoisotopic (exact) mass is 203 g/mol. The minimum absolute atomic E-state index is 0.000787. The minimum Gasteiger partial charge on any atom is -0.349 e. The molecule has 0 radical (unpaired) electrons. The highest BCUT2D eigenvalue weighted by molar-refractivity contribution is 7.98. The third-order valence-corrected chi connectivity index (χ3v) is 2.25. The van der Waals surface area contributed by atoms with Crippen LogP contribution in [0.5, 0.6) is 0 Å². The van der Waals surface area contributed by atoms with E-state index in [0.29, 0.717) is 6.42 Å².